The van der Waals surface area contributed by atoms with Crippen LogP contribution in [0.2, 0.25) is 0 Å². The Morgan fingerprint density at radius 3 is 2.24 bits per heavy atom. The minimum Gasteiger partial charge on any atom is -0.497 e. The molecular formula is C16H17FO4. The highest BCUT2D eigenvalue weighted by atomic mass is 19.1. The van der Waals surface area contributed by atoms with Gasteiger partial charge in [-0.15, -0.1) is 0 Å². The van der Waals surface area contributed by atoms with E-state index in [0.717, 1.165) is 5.75 Å². The molecular weight excluding hydrogens is 275 g/mol. The molecule has 0 aromatic heterocycles. The Morgan fingerprint density at radius 2 is 1.62 bits per heavy atom. The van der Waals surface area contributed by atoms with Crippen molar-refractivity contribution >= 4 is 0 Å². The third-order valence-corrected chi connectivity index (χ3v) is 2.85. The van der Waals surface area contributed by atoms with E-state index in [4.69, 9.17) is 19.3 Å². The van der Waals surface area contributed by atoms with Gasteiger partial charge in [-0.05, 0) is 42.0 Å². The molecule has 2 rings (SSSR count). The van der Waals surface area contributed by atoms with Crippen LogP contribution in [0.5, 0.6) is 17.2 Å². The molecule has 0 unspecified atom stereocenters. The molecule has 21 heavy (non-hydrogen) atoms. The summed E-state index contributed by atoms with van der Waals surface area (Å²) in [5.41, 5.74) is 0.509. The molecule has 0 heterocycles. The molecule has 0 saturated heterocycles. The molecule has 0 spiro atoms. The van der Waals surface area contributed by atoms with E-state index in [0.29, 0.717) is 17.9 Å². The molecule has 0 aliphatic rings. The predicted octanol–water partition coefficient (Wildman–Crippen LogP) is 2.78. The number of methoxy groups -OCH3 is 1. The summed E-state index contributed by atoms with van der Waals surface area (Å²) in [6.45, 7) is 0.326. The lowest BCUT2D eigenvalue weighted by Gasteiger charge is -2.10. The minimum absolute atomic E-state index is 0.144. The number of aliphatic hydroxyl groups is 1. The van der Waals surface area contributed by atoms with Gasteiger partial charge < -0.3 is 19.3 Å². The van der Waals surface area contributed by atoms with E-state index < -0.39 is 5.82 Å². The molecule has 5 heteroatoms. The van der Waals surface area contributed by atoms with Crippen molar-refractivity contribution in [2.75, 3.05) is 20.3 Å². The average molecular weight is 292 g/mol. The Labute approximate surface area is 122 Å². The van der Waals surface area contributed by atoms with Gasteiger partial charge >= 0.3 is 0 Å². The van der Waals surface area contributed by atoms with Crippen LogP contribution in [0.4, 0.5) is 4.39 Å². The normalized spacial score (nSPS) is 10.2. The largest absolute Gasteiger partial charge is 0.497 e. The van der Waals surface area contributed by atoms with Gasteiger partial charge in [0.2, 0.25) is 0 Å². The van der Waals surface area contributed by atoms with Crippen LogP contribution in [-0.4, -0.2) is 25.4 Å². The van der Waals surface area contributed by atoms with E-state index >= 15 is 0 Å². The second kappa shape index (κ2) is 7.50. The number of hydrogen-bond acceptors (Lipinski definition) is 4. The first-order valence-electron chi connectivity index (χ1n) is 6.52. The van der Waals surface area contributed by atoms with E-state index in [2.05, 4.69) is 0 Å². The summed E-state index contributed by atoms with van der Waals surface area (Å²) in [7, 11) is 1.60. The van der Waals surface area contributed by atoms with E-state index in [1.807, 2.05) is 0 Å². The highest BCUT2D eigenvalue weighted by Crippen LogP contribution is 2.19. The lowest BCUT2D eigenvalue weighted by molar-refractivity contribution is 0.211. The fraction of sp³-hybridized carbons (Fsp3) is 0.250. The van der Waals surface area contributed by atoms with E-state index in [9.17, 15) is 4.39 Å². The summed E-state index contributed by atoms with van der Waals surface area (Å²) in [6, 6.07) is 11.5. The summed E-state index contributed by atoms with van der Waals surface area (Å²) in [6.07, 6.45) is 0. The monoisotopic (exact) mass is 292 g/mol. The third kappa shape index (κ3) is 4.36. The zero-order valence-corrected chi connectivity index (χ0v) is 11.7. The SMILES string of the molecule is COc1ccc(OCCOc2ccc(CO)cc2F)cc1. The summed E-state index contributed by atoms with van der Waals surface area (Å²) in [4.78, 5) is 0. The molecule has 0 aliphatic heterocycles. The molecule has 4 nitrogen and oxygen atoms in total. The smallest absolute Gasteiger partial charge is 0.165 e. The quantitative estimate of drug-likeness (QED) is 0.797. The molecule has 0 saturated carbocycles. The molecule has 0 radical (unpaired) electrons. The first kappa shape index (κ1) is 15.1. The van der Waals surface area contributed by atoms with Crippen molar-refractivity contribution in [2.45, 2.75) is 6.61 Å². The van der Waals surface area contributed by atoms with Crippen LogP contribution in [-0.2, 0) is 6.61 Å². The van der Waals surface area contributed by atoms with Crippen molar-refractivity contribution < 1.29 is 23.7 Å². The topological polar surface area (TPSA) is 47.9 Å². The number of aliphatic hydroxyl groups excluding tert-OH is 1. The van der Waals surface area contributed by atoms with Crippen LogP contribution in [0, 0.1) is 5.82 Å². The number of benzene rings is 2. The third-order valence-electron chi connectivity index (χ3n) is 2.85. The van der Waals surface area contributed by atoms with Gasteiger partial charge in [0.05, 0.1) is 13.7 Å². The maximum absolute atomic E-state index is 13.6. The second-order valence-corrected chi connectivity index (χ2v) is 4.30. The molecule has 2 aromatic rings. The van der Waals surface area contributed by atoms with Crippen molar-refractivity contribution in [3.8, 4) is 17.2 Å². The predicted molar refractivity (Wildman–Crippen MR) is 76.3 cm³/mol. The number of halogens is 1. The number of hydrogen-bond donors (Lipinski definition) is 1. The highest BCUT2D eigenvalue weighted by Gasteiger charge is 2.04. The van der Waals surface area contributed by atoms with Crippen LogP contribution < -0.4 is 14.2 Å². The van der Waals surface area contributed by atoms with Gasteiger partial charge in [-0.25, -0.2) is 4.39 Å². The molecule has 0 amide bonds. The summed E-state index contributed by atoms with van der Waals surface area (Å²) in [5, 5.41) is 8.89. The first-order valence-corrected chi connectivity index (χ1v) is 6.52. The van der Waals surface area contributed by atoms with Crippen LogP contribution >= 0.6 is 0 Å². The average Bonchev–Trinajstić information content (AvgIpc) is 2.53. The van der Waals surface area contributed by atoms with E-state index in [-0.39, 0.29) is 19.0 Å². The Balaban J connectivity index is 1.78. The zero-order chi connectivity index (χ0) is 15.1. The molecule has 0 aliphatic carbocycles. The maximum Gasteiger partial charge on any atom is 0.165 e. The first-order chi connectivity index (χ1) is 10.2. The van der Waals surface area contributed by atoms with E-state index in [1.54, 1.807) is 37.4 Å². The van der Waals surface area contributed by atoms with Gasteiger partial charge in [0.15, 0.2) is 11.6 Å². The standard InChI is InChI=1S/C16H17FO4/c1-19-13-3-5-14(6-4-13)20-8-9-21-16-7-2-12(11-18)10-15(16)17/h2-7,10,18H,8-9,11H2,1H3. The zero-order valence-electron chi connectivity index (χ0n) is 11.7. The highest BCUT2D eigenvalue weighted by molar-refractivity contribution is 5.31. The Morgan fingerprint density at radius 1 is 0.952 bits per heavy atom. The fourth-order valence-corrected chi connectivity index (χ4v) is 1.74. The Hall–Kier alpha value is -2.27. The van der Waals surface area contributed by atoms with Gasteiger partial charge in [0, 0.05) is 0 Å². The van der Waals surface area contributed by atoms with Crippen molar-refractivity contribution in [1.29, 1.82) is 0 Å². The summed E-state index contributed by atoms with van der Waals surface area (Å²) in [5.74, 6) is 1.09. The molecule has 0 fully saturated rings. The van der Waals surface area contributed by atoms with Crippen LogP contribution in [0.3, 0.4) is 0 Å². The number of ether oxygens (including phenoxy) is 3. The van der Waals surface area contributed by atoms with Gasteiger partial charge in [0.25, 0.3) is 0 Å². The van der Waals surface area contributed by atoms with Crippen molar-refractivity contribution in [3.05, 3.63) is 53.8 Å². The minimum atomic E-state index is -0.494. The van der Waals surface area contributed by atoms with Crippen LogP contribution in [0.15, 0.2) is 42.5 Å². The van der Waals surface area contributed by atoms with Crippen molar-refractivity contribution in [2.24, 2.45) is 0 Å². The van der Waals surface area contributed by atoms with Crippen molar-refractivity contribution in [3.63, 3.8) is 0 Å². The number of rotatable bonds is 7. The molecule has 0 bridgehead atoms. The lowest BCUT2D eigenvalue weighted by Crippen LogP contribution is -2.09. The lowest BCUT2D eigenvalue weighted by atomic mass is 10.2. The van der Waals surface area contributed by atoms with Gasteiger partial charge in [-0.3, -0.25) is 0 Å². The molecule has 112 valence electrons. The Bertz CT molecular complexity index is 569. The van der Waals surface area contributed by atoms with Gasteiger partial charge in [0.1, 0.15) is 24.7 Å². The second-order valence-electron chi connectivity index (χ2n) is 4.30. The fourth-order valence-electron chi connectivity index (χ4n) is 1.74. The Kier molecular flexibility index (Phi) is 5.40. The van der Waals surface area contributed by atoms with Gasteiger partial charge in [-0.1, -0.05) is 6.07 Å². The van der Waals surface area contributed by atoms with Crippen LogP contribution in [0.25, 0.3) is 0 Å². The summed E-state index contributed by atoms with van der Waals surface area (Å²) >= 11 is 0. The molecule has 2 aromatic carbocycles. The molecule has 0 atom stereocenters. The maximum atomic E-state index is 13.6. The van der Waals surface area contributed by atoms with Crippen molar-refractivity contribution in [1.82, 2.24) is 0 Å². The summed E-state index contributed by atoms with van der Waals surface area (Å²) < 4.78 is 29.4. The van der Waals surface area contributed by atoms with Crippen LogP contribution in [0.1, 0.15) is 5.56 Å². The van der Waals surface area contributed by atoms with E-state index in [1.165, 1.54) is 12.1 Å². The van der Waals surface area contributed by atoms with Gasteiger partial charge in [-0.2, -0.15) is 0 Å². The molecule has 1 N–H and O–H groups in total.